The van der Waals surface area contributed by atoms with E-state index in [0.29, 0.717) is 44.3 Å². The number of sulfonamides is 1. The zero-order chi connectivity index (χ0) is 17.9. The van der Waals surface area contributed by atoms with Crippen LogP contribution in [0, 0.1) is 0 Å². The summed E-state index contributed by atoms with van der Waals surface area (Å²) in [7, 11) is -3.18. The lowest BCUT2D eigenvalue weighted by Gasteiger charge is -2.33. The van der Waals surface area contributed by atoms with Crippen molar-refractivity contribution < 1.29 is 17.7 Å². The molecule has 0 aliphatic carbocycles. The number of carbonyl (C=O) groups is 1. The molecule has 136 valence electrons. The highest BCUT2D eigenvalue weighted by Crippen LogP contribution is 2.19. The summed E-state index contributed by atoms with van der Waals surface area (Å²) in [6.45, 7) is 3.17. The second-order valence-electron chi connectivity index (χ2n) is 5.70. The molecule has 1 saturated heterocycles. The van der Waals surface area contributed by atoms with Gasteiger partial charge in [0, 0.05) is 50.0 Å². The fraction of sp³-hybridized carbons (Fsp3) is 0.533. The molecule has 0 atom stereocenters. The summed E-state index contributed by atoms with van der Waals surface area (Å²) in [5, 5.41) is 7.79. The largest absolute Gasteiger partial charge is 0.340 e. The van der Waals surface area contributed by atoms with E-state index in [2.05, 4.69) is 10.1 Å². The van der Waals surface area contributed by atoms with Crippen molar-refractivity contribution in [1.29, 1.82) is 0 Å². The fourth-order valence-corrected chi connectivity index (χ4v) is 4.35. The number of aryl methyl sites for hydroxylation is 1. The third kappa shape index (κ3) is 4.25. The Hall–Kier alpha value is -1.78. The van der Waals surface area contributed by atoms with Crippen LogP contribution in [0.15, 0.2) is 21.3 Å². The molecule has 1 amide bonds. The predicted octanol–water partition coefficient (Wildman–Crippen LogP) is 1.22. The van der Waals surface area contributed by atoms with Crippen LogP contribution in [-0.4, -0.2) is 65.6 Å². The maximum Gasteiger partial charge on any atom is 0.227 e. The molecule has 2 aromatic heterocycles. The van der Waals surface area contributed by atoms with Crippen LogP contribution in [0.1, 0.15) is 19.2 Å². The first-order chi connectivity index (χ1) is 12.0. The van der Waals surface area contributed by atoms with Crippen LogP contribution in [0.25, 0.3) is 11.4 Å². The summed E-state index contributed by atoms with van der Waals surface area (Å²) < 4.78 is 30.3. The summed E-state index contributed by atoms with van der Waals surface area (Å²) in [4.78, 5) is 18.3. The van der Waals surface area contributed by atoms with Gasteiger partial charge in [-0.25, -0.2) is 8.42 Å². The maximum absolute atomic E-state index is 12.3. The monoisotopic (exact) mass is 384 g/mol. The number of carbonyl (C=O) groups excluding carboxylic acids is 1. The summed E-state index contributed by atoms with van der Waals surface area (Å²) in [6.07, 6.45) is 0.648. The molecular weight excluding hydrogens is 364 g/mol. The average Bonchev–Trinajstić information content (AvgIpc) is 3.31. The molecule has 1 aliphatic rings. The van der Waals surface area contributed by atoms with Gasteiger partial charge in [-0.15, -0.1) is 0 Å². The van der Waals surface area contributed by atoms with E-state index in [0.717, 1.165) is 5.56 Å². The van der Waals surface area contributed by atoms with E-state index in [-0.39, 0.29) is 18.1 Å². The Bertz CT molecular complexity index is 808. The van der Waals surface area contributed by atoms with Gasteiger partial charge in [0.15, 0.2) is 0 Å². The lowest BCUT2D eigenvalue weighted by molar-refractivity contribution is -0.132. The number of hydrogen-bond donors (Lipinski definition) is 0. The van der Waals surface area contributed by atoms with E-state index < -0.39 is 10.0 Å². The highest BCUT2D eigenvalue weighted by Gasteiger charge is 2.27. The fourth-order valence-electron chi connectivity index (χ4n) is 2.64. The molecule has 0 spiro atoms. The van der Waals surface area contributed by atoms with Gasteiger partial charge in [-0.3, -0.25) is 4.79 Å². The minimum absolute atomic E-state index is 0.0242. The van der Waals surface area contributed by atoms with E-state index in [1.165, 1.54) is 4.31 Å². The van der Waals surface area contributed by atoms with Crippen molar-refractivity contribution >= 4 is 27.3 Å². The summed E-state index contributed by atoms with van der Waals surface area (Å²) in [6, 6.07) is 1.91. The number of hydrogen-bond acceptors (Lipinski definition) is 7. The van der Waals surface area contributed by atoms with Crippen LogP contribution in [0.5, 0.6) is 0 Å². The van der Waals surface area contributed by atoms with Crippen molar-refractivity contribution in [3.63, 3.8) is 0 Å². The minimum Gasteiger partial charge on any atom is -0.340 e. The number of piperazine rings is 1. The van der Waals surface area contributed by atoms with Crippen molar-refractivity contribution in [2.24, 2.45) is 0 Å². The van der Waals surface area contributed by atoms with Crippen LogP contribution < -0.4 is 0 Å². The Morgan fingerprint density at radius 1 is 1.32 bits per heavy atom. The summed E-state index contributed by atoms with van der Waals surface area (Å²) >= 11 is 1.55. The molecule has 0 radical (unpaired) electrons. The number of amides is 1. The summed E-state index contributed by atoms with van der Waals surface area (Å²) in [5.74, 6) is 1.03. The SMILES string of the molecule is CCS(=O)(=O)N1CCN(C(=O)CCc2nc(-c3ccsc3)no2)CC1. The zero-order valence-corrected chi connectivity index (χ0v) is 15.6. The Morgan fingerprint density at radius 2 is 2.08 bits per heavy atom. The molecule has 25 heavy (non-hydrogen) atoms. The third-order valence-electron chi connectivity index (χ3n) is 4.15. The molecule has 1 fully saturated rings. The van der Waals surface area contributed by atoms with Gasteiger partial charge in [-0.2, -0.15) is 20.6 Å². The standard InChI is InChI=1S/C15H20N4O4S2/c1-2-25(21,22)19-8-6-18(7-9-19)14(20)4-3-13-16-15(17-23-13)12-5-10-24-11-12/h5,10-11H,2-4,6-9H2,1H3. The van der Waals surface area contributed by atoms with Gasteiger partial charge in [0.05, 0.1) is 5.75 Å². The molecule has 10 heteroatoms. The predicted molar refractivity (Wildman–Crippen MR) is 93.5 cm³/mol. The smallest absolute Gasteiger partial charge is 0.227 e. The number of rotatable bonds is 6. The third-order valence-corrected chi connectivity index (χ3v) is 6.71. The molecule has 8 nitrogen and oxygen atoms in total. The van der Waals surface area contributed by atoms with E-state index >= 15 is 0 Å². The molecule has 0 bridgehead atoms. The molecule has 0 saturated carbocycles. The molecule has 3 heterocycles. The summed E-state index contributed by atoms with van der Waals surface area (Å²) in [5.41, 5.74) is 0.902. The van der Waals surface area contributed by atoms with E-state index in [1.54, 1.807) is 23.2 Å². The van der Waals surface area contributed by atoms with Gasteiger partial charge < -0.3 is 9.42 Å². The minimum atomic E-state index is -3.18. The number of thiophene rings is 1. The number of aromatic nitrogens is 2. The van der Waals surface area contributed by atoms with Crippen molar-refractivity contribution in [3.8, 4) is 11.4 Å². The highest BCUT2D eigenvalue weighted by molar-refractivity contribution is 7.89. The van der Waals surface area contributed by atoms with Crippen molar-refractivity contribution in [2.75, 3.05) is 31.9 Å². The lowest BCUT2D eigenvalue weighted by Crippen LogP contribution is -2.50. The Balaban J connectivity index is 1.49. The van der Waals surface area contributed by atoms with Crippen LogP contribution in [-0.2, 0) is 21.2 Å². The first kappa shape index (κ1) is 18.0. The van der Waals surface area contributed by atoms with E-state index in [9.17, 15) is 13.2 Å². The Kier molecular flexibility index (Phi) is 5.50. The van der Waals surface area contributed by atoms with Crippen LogP contribution in [0.2, 0.25) is 0 Å². The molecule has 1 aliphatic heterocycles. The van der Waals surface area contributed by atoms with Gasteiger partial charge in [-0.1, -0.05) is 5.16 Å². The lowest BCUT2D eigenvalue weighted by atomic mass is 10.2. The first-order valence-electron chi connectivity index (χ1n) is 8.10. The molecular formula is C15H20N4O4S2. The van der Waals surface area contributed by atoms with Crippen molar-refractivity contribution in [2.45, 2.75) is 19.8 Å². The van der Waals surface area contributed by atoms with Gasteiger partial charge in [0.1, 0.15) is 0 Å². The van der Waals surface area contributed by atoms with E-state index in [4.69, 9.17) is 4.52 Å². The van der Waals surface area contributed by atoms with Crippen LogP contribution in [0.3, 0.4) is 0 Å². The highest BCUT2D eigenvalue weighted by atomic mass is 32.2. The molecule has 0 N–H and O–H groups in total. The topological polar surface area (TPSA) is 96.6 Å². The Morgan fingerprint density at radius 3 is 2.72 bits per heavy atom. The van der Waals surface area contributed by atoms with Gasteiger partial charge in [0.25, 0.3) is 0 Å². The molecule has 0 aromatic carbocycles. The molecule has 3 rings (SSSR count). The van der Waals surface area contributed by atoms with Crippen molar-refractivity contribution in [3.05, 3.63) is 22.7 Å². The molecule has 2 aromatic rings. The second-order valence-corrected chi connectivity index (χ2v) is 8.74. The second kappa shape index (κ2) is 7.63. The average molecular weight is 384 g/mol. The zero-order valence-electron chi connectivity index (χ0n) is 13.9. The van der Waals surface area contributed by atoms with Crippen LogP contribution >= 0.6 is 11.3 Å². The quantitative estimate of drug-likeness (QED) is 0.743. The molecule has 0 unspecified atom stereocenters. The van der Waals surface area contributed by atoms with Gasteiger partial charge in [-0.05, 0) is 18.4 Å². The number of nitrogens with zero attached hydrogens (tertiary/aromatic N) is 4. The van der Waals surface area contributed by atoms with Crippen molar-refractivity contribution in [1.82, 2.24) is 19.3 Å². The Labute approximate surface area is 150 Å². The van der Waals surface area contributed by atoms with Gasteiger partial charge in [0.2, 0.25) is 27.6 Å². The van der Waals surface area contributed by atoms with E-state index in [1.807, 2.05) is 16.8 Å². The maximum atomic E-state index is 12.3. The normalized spacial score (nSPS) is 16.3. The van der Waals surface area contributed by atoms with Gasteiger partial charge >= 0.3 is 0 Å². The first-order valence-corrected chi connectivity index (χ1v) is 10.7. The van der Waals surface area contributed by atoms with Crippen LogP contribution in [0.4, 0.5) is 0 Å².